The maximum absolute atomic E-state index is 12.6. The van der Waals surface area contributed by atoms with Gasteiger partial charge in [-0.05, 0) is 17.9 Å². The average molecular weight is 305 g/mol. The summed E-state index contributed by atoms with van der Waals surface area (Å²) in [5.41, 5.74) is 7.47. The van der Waals surface area contributed by atoms with Gasteiger partial charge in [0.15, 0.2) is 0 Å². The molecule has 0 bridgehead atoms. The molecule has 0 radical (unpaired) electrons. The van der Waals surface area contributed by atoms with Crippen LogP contribution in [0.4, 0.5) is 0 Å². The van der Waals surface area contributed by atoms with Crippen LogP contribution in [0.2, 0.25) is 0 Å². The van der Waals surface area contributed by atoms with Gasteiger partial charge < -0.3 is 15.1 Å². The predicted octanol–water partition coefficient (Wildman–Crippen LogP) is 2.60. The second-order valence-electron chi connectivity index (χ2n) is 6.16. The monoisotopic (exact) mass is 305 g/mol. The van der Waals surface area contributed by atoms with Crippen LogP contribution in [0, 0.1) is 5.41 Å². The summed E-state index contributed by atoms with van der Waals surface area (Å²) < 4.78 is 5.05. The molecular weight excluding hydrogens is 286 g/mol. The molecule has 0 aliphatic carbocycles. The van der Waals surface area contributed by atoms with Gasteiger partial charge in [-0.15, -0.1) is 11.3 Å². The highest BCUT2D eigenvalue weighted by Crippen LogP contribution is 2.30. The fourth-order valence-corrected chi connectivity index (χ4v) is 3.38. The summed E-state index contributed by atoms with van der Waals surface area (Å²) in [4.78, 5) is 18.9. The van der Waals surface area contributed by atoms with E-state index in [9.17, 15) is 4.79 Å². The summed E-state index contributed by atoms with van der Waals surface area (Å²) in [7, 11) is 0. The van der Waals surface area contributed by atoms with Crippen LogP contribution in [0.3, 0.4) is 0 Å². The molecule has 1 aliphatic rings. The van der Waals surface area contributed by atoms with Gasteiger partial charge in [0.25, 0.3) is 5.91 Å². The SMILES string of the molecule is CC1(C)CN(C(=O)c2csc(-c3ccoc3)n2)CCC1N. The first-order valence-corrected chi connectivity index (χ1v) is 7.88. The van der Waals surface area contributed by atoms with Crippen molar-refractivity contribution in [3.63, 3.8) is 0 Å². The number of aromatic nitrogens is 1. The Kier molecular flexibility index (Phi) is 3.59. The van der Waals surface area contributed by atoms with Gasteiger partial charge in [-0.2, -0.15) is 0 Å². The molecule has 2 N–H and O–H groups in total. The fourth-order valence-electron chi connectivity index (χ4n) is 2.60. The first-order valence-electron chi connectivity index (χ1n) is 7.00. The van der Waals surface area contributed by atoms with Crippen molar-refractivity contribution in [3.8, 4) is 10.6 Å². The molecule has 3 rings (SSSR count). The lowest BCUT2D eigenvalue weighted by molar-refractivity contribution is 0.0528. The van der Waals surface area contributed by atoms with Gasteiger partial charge in [-0.1, -0.05) is 13.8 Å². The fraction of sp³-hybridized carbons (Fsp3) is 0.467. The van der Waals surface area contributed by atoms with Gasteiger partial charge in [-0.25, -0.2) is 4.98 Å². The summed E-state index contributed by atoms with van der Waals surface area (Å²) in [6, 6.07) is 1.98. The van der Waals surface area contributed by atoms with E-state index < -0.39 is 0 Å². The Labute approximate surface area is 127 Å². The predicted molar refractivity (Wildman–Crippen MR) is 82.1 cm³/mol. The number of nitrogens with zero attached hydrogens (tertiary/aromatic N) is 2. The van der Waals surface area contributed by atoms with E-state index in [1.807, 2.05) is 16.3 Å². The molecule has 1 unspecified atom stereocenters. The minimum Gasteiger partial charge on any atom is -0.472 e. The van der Waals surface area contributed by atoms with Gasteiger partial charge in [0, 0.05) is 30.1 Å². The number of nitrogens with two attached hydrogens (primary N) is 1. The van der Waals surface area contributed by atoms with Crippen molar-refractivity contribution in [2.24, 2.45) is 11.1 Å². The second kappa shape index (κ2) is 5.27. The second-order valence-corrected chi connectivity index (χ2v) is 7.02. The van der Waals surface area contributed by atoms with Gasteiger partial charge in [0.05, 0.1) is 6.26 Å². The molecule has 0 saturated carbocycles. The van der Waals surface area contributed by atoms with Crippen molar-refractivity contribution in [1.29, 1.82) is 0 Å². The van der Waals surface area contributed by atoms with Crippen molar-refractivity contribution in [2.75, 3.05) is 13.1 Å². The first-order chi connectivity index (χ1) is 9.97. The normalized spacial score (nSPS) is 21.5. The zero-order valence-electron chi connectivity index (χ0n) is 12.2. The third-order valence-electron chi connectivity index (χ3n) is 4.09. The number of amides is 1. The quantitative estimate of drug-likeness (QED) is 0.925. The Morgan fingerprint density at radius 2 is 2.38 bits per heavy atom. The number of thiazole rings is 1. The Hall–Kier alpha value is -1.66. The van der Waals surface area contributed by atoms with Crippen LogP contribution in [0.15, 0.2) is 28.4 Å². The van der Waals surface area contributed by atoms with E-state index >= 15 is 0 Å². The van der Waals surface area contributed by atoms with Gasteiger partial charge in [0.2, 0.25) is 0 Å². The summed E-state index contributed by atoms with van der Waals surface area (Å²) in [6.45, 7) is 5.58. The van der Waals surface area contributed by atoms with Crippen molar-refractivity contribution in [2.45, 2.75) is 26.3 Å². The minimum absolute atomic E-state index is 0.0130. The van der Waals surface area contributed by atoms with Crippen LogP contribution in [-0.2, 0) is 0 Å². The van der Waals surface area contributed by atoms with E-state index in [0.29, 0.717) is 18.8 Å². The molecule has 1 fully saturated rings. The number of piperidine rings is 1. The number of hydrogen-bond acceptors (Lipinski definition) is 5. The molecule has 6 heteroatoms. The van der Waals surface area contributed by atoms with E-state index in [1.165, 1.54) is 11.3 Å². The lowest BCUT2D eigenvalue weighted by Crippen LogP contribution is -2.54. The van der Waals surface area contributed by atoms with Crippen LogP contribution in [0.5, 0.6) is 0 Å². The van der Waals surface area contributed by atoms with E-state index in [-0.39, 0.29) is 17.4 Å². The zero-order valence-corrected chi connectivity index (χ0v) is 13.0. The molecule has 2 aromatic heterocycles. The minimum atomic E-state index is -0.0582. The van der Waals surface area contributed by atoms with Crippen LogP contribution in [0.1, 0.15) is 30.8 Å². The topological polar surface area (TPSA) is 72.4 Å². The molecule has 21 heavy (non-hydrogen) atoms. The molecule has 5 nitrogen and oxygen atoms in total. The standard InChI is InChI=1S/C15H19N3O2S/c1-15(2)9-18(5-3-12(15)16)14(19)11-8-21-13(17-11)10-4-6-20-7-10/h4,6-8,12H,3,5,9,16H2,1-2H3. The van der Waals surface area contributed by atoms with E-state index in [2.05, 4.69) is 18.8 Å². The molecule has 3 heterocycles. The zero-order chi connectivity index (χ0) is 15.0. The Bertz CT molecular complexity index is 633. The summed E-state index contributed by atoms with van der Waals surface area (Å²) in [6.07, 6.45) is 4.07. The van der Waals surface area contributed by atoms with Gasteiger partial charge >= 0.3 is 0 Å². The molecular formula is C15H19N3O2S. The number of rotatable bonds is 2. The summed E-state index contributed by atoms with van der Waals surface area (Å²) >= 11 is 1.46. The number of hydrogen-bond donors (Lipinski definition) is 1. The van der Waals surface area contributed by atoms with Gasteiger partial charge in [0.1, 0.15) is 17.0 Å². The molecule has 1 saturated heterocycles. The van der Waals surface area contributed by atoms with Crippen molar-refractivity contribution < 1.29 is 9.21 Å². The van der Waals surface area contributed by atoms with E-state index in [4.69, 9.17) is 10.2 Å². The van der Waals surface area contributed by atoms with Gasteiger partial charge in [-0.3, -0.25) is 4.79 Å². The lowest BCUT2D eigenvalue weighted by atomic mass is 9.79. The third-order valence-corrected chi connectivity index (χ3v) is 4.98. The molecule has 1 aliphatic heterocycles. The van der Waals surface area contributed by atoms with Crippen molar-refractivity contribution >= 4 is 17.2 Å². The highest BCUT2D eigenvalue weighted by Gasteiger charge is 2.36. The Morgan fingerprint density at radius 3 is 3.05 bits per heavy atom. The number of carbonyl (C=O) groups is 1. The van der Waals surface area contributed by atoms with Crippen LogP contribution in [0.25, 0.3) is 10.6 Å². The summed E-state index contributed by atoms with van der Waals surface area (Å²) in [5, 5.41) is 2.62. The number of furan rings is 1. The van der Waals surface area contributed by atoms with Crippen LogP contribution in [-0.4, -0.2) is 34.9 Å². The molecule has 2 aromatic rings. The molecule has 0 aromatic carbocycles. The van der Waals surface area contributed by atoms with Crippen molar-refractivity contribution in [1.82, 2.24) is 9.88 Å². The number of carbonyl (C=O) groups excluding carboxylic acids is 1. The molecule has 112 valence electrons. The van der Waals surface area contributed by atoms with E-state index in [0.717, 1.165) is 17.0 Å². The third kappa shape index (κ3) is 2.73. The highest BCUT2D eigenvalue weighted by molar-refractivity contribution is 7.13. The largest absolute Gasteiger partial charge is 0.472 e. The first kappa shape index (κ1) is 14.3. The smallest absolute Gasteiger partial charge is 0.273 e. The molecule has 0 spiro atoms. The van der Waals surface area contributed by atoms with E-state index in [1.54, 1.807) is 12.5 Å². The van der Waals surface area contributed by atoms with Crippen molar-refractivity contribution in [3.05, 3.63) is 29.7 Å². The maximum atomic E-state index is 12.6. The van der Waals surface area contributed by atoms with Crippen LogP contribution >= 0.6 is 11.3 Å². The molecule has 1 atom stereocenters. The Balaban J connectivity index is 1.77. The summed E-state index contributed by atoms with van der Waals surface area (Å²) in [5.74, 6) is -0.0130. The lowest BCUT2D eigenvalue weighted by Gasteiger charge is -2.42. The highest BCUT2D eigenvalue weighted by atomic mass is 32.1. The Morgan fingerprint density at radius 1 is 1.57 bits per heavy atom. The van der Waals surface area contributed by atoms with Crippen LogP contribution < -0.4 is 5.73 Å². The number of likely N-dealkylation sites (tertiary alicyclic amines) is 1. The maximum Gasteiger partial charge on any atom is 0.273 e. The molecule has 1 amide bonds. The average Bonchev–Trinajstić information content (AvgIpc) is 3.10.